The van der Waals surface area contributed by atoms with Crippen LogP contribution in [0.2, 0.25) is 0 Å². The van der Waals surface area contributed by atoms with Gasteiger partial charge in [-0.2, -0.15) is 9.40 Å². The van der Waals surface area contributed by atoms with Gasteiger partial charge in [-0.3, -0.25) is 10.1 Å². The Hall–Kier alpha value is -2.98. The number of hydrogen-bond donors (Lipinski definition) is 1. The lowest BCUT2D eigenvalue weighted by atomic mass is 10.1. The first-order valence-electron chi connectivity index (χ1n) is 9.81. The highest BCUT2D eigenvalue weighted by atomic mass is 32.2. The lowest BCUT2D eigenvalue weighted by molar-refractivity contribution is 0.171. The van der Waals surface area contributed by atoms with Gasteiger partial charge in [-0.05, 0) is 36.6 Å². The zero-order valence-corrected chi connectivity index (χ0v) is 17.0. The summed E-state index contributed by atoms with van der Waals surface area (Å²) in [6, 6.07) is 8.52. The zero-order valence-electron chi connectivity index (χ0n) is 16.2. The Balaban J connectivity index is 1.27. The van der Waals surface area contributed by atoms with Crippen LogP contribution in [0.3, 0.4) is 0 Å². The third-order valence-corrected chi connectivity index (χ3v) is 7.19. The molecule has 2 aliphatic heterocycles. The number of sulfonamides is 1. The number of fused-ring (bicyclic) bond motifs is 1. The molecule has 0 bridgehead atoms. The molecule has 1 saturated heterocycles. The van der Waals surface area contributed by atoms with Gasteiger partial charge in [-0.25, -0.2) is 13.4 Å². The second-order valence-electron chi connectivity index (χ2n) is 7.37. The zero-order chi connectivity index (χ0) is 20.6. The van der Waals surface area contributed by atoms with Crippen LogP contribution in [0.1, 0.15) is 12.2 Å². The highest BCUT2D eigenvalue weighted by molar-refractivity contribution is 7.89. The molecule has 156 valence electrons. The molecule has 0 spiro atoms. The number of aromatic nitrogens is 4. The number of H-pyrrole nitrogens is 1. The highest BCUT2D eigenvalue weighted by Crippen LogP contribution is 2.34. The number of ether oxygens (including phenoxy) is 2. The van der Waals surface area contributed by atoms with E-state index in [-0.39, 0.29) is 10.8 Å². The Morgan fingerprint density at radius 2 is 2.03 bits per heavy atom. The summed E-state index contributed by atoms with van der Waals surface area (Å²) in [4.78, 5) is 8.84. The molecule has 0 aliphatic carbocycles. The average molecular weight is 427 g/mol. The first kappa shape index (κ1) is 19.0. The van der Waals surface area contributed by atoms with Crippen LogP contribution in [0.25, 0.3) is 11.4 Å². The maximum absolute atomic E-state index is 13.1. The van der Waals surface area contributed by atoms with Crippen molar-refractivity contribution >= 4 is 10.0 Å². The molecule has 0 saturated carbocycles. The monoisotopic (exact) mass is 427 g/mol. The van der Waals surface area contributed by atoms with Crippen LogP contribution < -0.4 is 9.47 Å². The van der Waals surface area contributed by atoms with E-state index in [1.807, 2.05) is 12.1 Å². The first-order chi connectivity index (χ1) is 14.6. The van der Waals surface area contributed by atoms with Crippen LogP contribution in [0.5, 0.6) is 11.5 Å². The van der Waals surface area contributed by atoms with Crippen molar-refractivity contribution in [2.24, 2.45) is 5.92 Å². The fraction of sp³-hybridized carbons (Fsp3) is 0.350. The molecule has 2 aliphatic rings. The van der Waals surface area contributed by atoms with Crippen LogP contribution in [0, 0.1) is 5.92 Å². The number of nitrogens with zero attached hydrogens (tertiary/aromatic N) is 4. The van der Waals surface area contributed by atoms with E-state index in [9.17, 15) is 8.42 Å². The fourth-order valence-electron chi connectivity index (χ4n) is 3.80. The van der Waals surface area contributed by atoms with Crippen LogP contribution >= 0.6 is 0 Å². The third-order valence-electron chi connectivity index (χ3n) is 5.33. The third kappa shape index (κ3) is 3.63. The van der Waals surface area contributed by atoms with Gasteiger partial charge in [0.25, 0.3) is 0 Å². The SMILES string of the molecule is O=S(=O)(c1ccc2c(c1)OCCO2)N1CCC(Cc2nc(-c3cccnc3)n[nH]2)C1. The minimum atomic E-state index is -3.59. The van der Waals surface area contributed by atoms with Crippen molar-refractivity contribution in [1.29, 1.82) is 0 Å². The number of nitrogens with one attached hydrogen (secondary N) is 1. The van der Waals surface area contributed by atoms with Gasteiger partial charge in [-0.15, -0.1) is 0 Å². The molecular formula is C20H21N5O4S. The molecule has 9 nitrogen and oxygen atoms in total. The molecule has 1 aromatic carbocycles. The summed E-state index contributed by atoms with van der Waals surface area (Å²) in [5, 5.41) is 7.21. The van der Waals surface area contributed by atoms with E-state index in [1.54, 1.807) is 30.6 Å². The van der Waals surface area contributed by atoms with Gasteiger partial charge in [0.1, 0.15) is 19.0 Å². The number of pyridine rings is 1. The Morgan fingerprint density at radius 3 is 2.87 bits per heavy atom. The van der Waals surface area contributed by atoms with Gasteiger partial charge in [-0.1, -0.05) is 0 Å². The summed E-state index contributed by atoms with van der Waals surface area (Å²) in [5.74, 6) is 2.57. The van der Waals surface area contributed by atoms with Crippen LogP contribution in [-0.2, 0) is 16.4 Å². The minimum absolute atomic E-state index is 0.173. The van der Waals surface area contributed by atoms with Crippen molar-refractivity contribution in [3.05, 3.63) is 48.5 Å². The first-order valence-corrected chi connectivity index (χ1v) is 11.2. The molecule has 1 N–H and O–H groups in total. The Kier molecular flexibility index (Phi) is 4.87. The van der Waals surface area contributed by atoms with Gasteiger partial charge >= 0.3 is 0 Å². The summed E-state index contributed by atoms with van der Waals surface area (Å²) in [6.07, 6.45) is 4.82. The maximum atomic E-state index is 13.1. The standard InChI is InChI=1S/C20H21N5O4S/c26-30(27,16-3-4-17-18(11-16)29-9-8-28-17)25-7-5-14(13-25)10-19-22-20(24-23-19)15-2-1-6-21-12-15/h1-4,6,11-12,14H,5,7-10,13H2,(H,22,23,24). The smallest absolute Gasteiger partial charge is 0.243 e. The summed E-state index contributed by atoms with van der Waals surface area (Å²) < 4.78 is 38.7. The van der Waals surface area contributed by atoms with Crippen molar-refractivity contribution in [2.45, 2.75) is 17.7 Å². The summed E-state index contributed by atoms with van der Waals surface area (Å²) in [5.41, 5.74) is 0.842. The van der Waals surface area contributed by atoms with Crippen LogP contribution in [-0.4, -0.2) is 59.2 Å². The fourth-order valence-corrected chi connectivity index (χ4v) is 5.35. The molecule has 2 aromatic heterocycles. The minimum Gasteiger partial charge on any atom is -0.486 e. The van der Waals surface area contributed by atoms with Crippen molar-refractivity contribution in [3.8, 4) is 22.9 Å². The lowest BCUT2D eigenvalue weighted by Gasteiger charge is -2.21. The van der Waals surface area contributed by atoms with Gasteiger partial charge in [0, 0.05) is 43.5 Å². The molecular weight excluding hydrogens is 406 g/mol. The Morgan fingerprint density at radius 1 is 1.17 bits per heavy atom. The molecule has 1 fully saturated rings. The molecule has 4 heterocycles. The number of aromatic amines is 1. The predicted octanol–water partition coefficient (Wildman–Crippen LogP) is 1.89. The molecule has 3 aromatic rings. The molecule has 5 rings (SSSR count). The van der Waals surface area contributed by atoms with Gasteiger partial charge < -0.3 is 9.47 Å². The average Bonchev–Trinajstić information content (AvgIpc) is 3.45. The quantitative estimate of drug-likeness (QED) is 0.662. The van der Waals surface area contributed by atoms with Crippen LogP contribution in [0.15, 0.2) is 47.6 Å². The van der Waals surface area contributed by atoms with Gasteiger partial charge in [0.15, 0.2) is 17.3 Å². The second kappa shape index (κ2) is 7.69. The molecule has 0 radical (unpaired) electrons. The van der Waals surface area contributed by atoms with E-state index < -0.39 is 10.0 Å². The Labute approximate surface area is 174 Å². The molecule has 1 atom stereocenters. The highest BCUT2D eigenvalue weighted by Gasteiger charge is 2.33. The van der Waals surface area contributed by atoms with Crippen molar-refractivity contribution in [2.75, 3.05) is 26.3 Å². The van der Waals surface area contributed by atoms with E-state index in [0.717, 1.165) is 17.8 Å². The number of rotatable bonds is 5. The van der Waals surface area contributed by atoms with Gasteiger partial charge in [0.05, 0.1) is 4.90 Å². The largest absolute Gasteiger partial charge is 0.486 e. The summed E-state index contributed by atoms with van der Waals surface area (Å²) in [6.45, 7) is 1.81. The second-order valence-corrected chi connectivity index (χ2v) is 9.31. The normalized spacial score (nSPS) is 19.1. The van der Waals surface area contributed by atoms with Crippen molar-refractivity contribution < 1.29 is 17.9 Å². The van der Waals surface area contributed by atoms with Crippen molar-refractivity contribution in [3.63, 3.8) is 0 Å². The van der Waals surface area contributed by atoms with Crippen LogP contribution in [0.4, 0.5) is 0 Å². The van der Waals surface area contributed by atoms with E-state index in [2.05, 4.69) is 20.2 Å². The summed E-state index contributed by atoms with van der Waals surface area (Å²) in [7, 11) is -3.59. The van der Waals surface area contributed by atoms with E-state index in [4.69, 9.17) is 9.47 Å². The maximum Gasteiger partial charge on any atom is 0.243 e. The van der Waals surface area contributed by atoms with E-state index in [1.165, 1.54) is 4.31 Å². The number of hydrogen-bond acceptors (Lipinski definition) is 7. The van der Waals surface area contributed by atoms with E-state index in [0.29, 0.717) is 50.0 Å². The van der Waals surface area contributed by atoms with Gasteiger partial charge in [0.2, 0.25) is 10.0 Å². The molecule has 1 unspecified atom stereocenters. The van der Waals surface area contributed by atoms with E-state index >= 15 is 0 Å². The number of benzene rings is 1. The topological polar surface area (TPSA) is 110 Å². The summed E-state index contributed by atoms with van der Waals surface area (Å²) >= 11 is 0. The van der Waals surface area contributed by atoms with Crippen molar-refractivity contribution in [1.82, 2.24) is 24.5 Å². The molecule has 0 amide bonds. The Bertz CT molecular complexity index is 1150. The predicted molar refractivity (Wildman–Crippen MR) is 108 cm³/mol. The molecule has 10 heteroatoms. The lowest BCUT2D eigenvalue weighted by Crippen LogP contribution is -2.29. The molecule has 30 heavy (non-hydrogen) atoms.